The molecule has 0 saturated carbocycles. The van der Waals surface area contributed by atoms with Gasteiger partial charge in [0.2, 0.25) is 0 Å². The number of H-pyrrole nitrogens is 1. The maximum atomic E-state index is 13.5. The minimum absolute atomic E-state index is 0.0481. The average molecular weight is 273 g/mol. The molecule has 19 heavy (non-hydrogen) atoms. The molecule has 1 atom stereocenters. The first-order valence-corrected chi connectivity index (χ1v) is 5.86. The fraction of sp³-hybridized carbons (Fsp3) is 0.417. The predicted molar refractivity (Wildman–Crippen MR) is 61.3 cm³/mol. The van der Waals surface area contributed by atoms with Crippen molar-refractivity contribution in [1.82, 2.24) is 15.3 Å². The first-order chi connectivity index (χ1) is 8.94. The Labute approximate surface area is 106 Å². The van der Waals surface area contributed by atoms with E-state index in [4.69, 9.17) is 0 Å². The van der Waals surface area contributed by atoms with Crippen molar-refractivity contribution < 1.29 is 17.6 Å². The van der Waals surface area contributed by atoms with Crippen LogP contribution in [0.15, 0.2) is 18.2 Å². The monoisotopic (exact) mass is 273 g/mol. The number of nitrogens with zero attached hydrogens (tertiary/aromatic N) is 1. The maximum Gasteiger partial charge on any atom is 0.402 e. The second-order valence-electron chi connectivity index (χ2n) is 4.73. The zero-order valence-electron chi connectivity index (χ0n) is 9.81. The van der Waals surface area contributed by atoms with Gasteiger partial charge in [-0.05, 0) is 25.1 Å². The van der Waals surface area contributed by atoms with E-state index < -0.39 is 17.4 Å². The number of imidazole rings is 1. The summed E-state index contributed by atoms with van der Waals surface area (Å²) in [4.78, 5) is 6.46. The Kier molecular flexibility index (Phi) is 2.57. The summed E-state index contributed by atoms with van der Waals surface area (Å²) in [6.07, 6.45) is -4.53. The van der Waals surface area contributed by atoms with Gasteiger partial charge in [-0.25, -0.2) is 9.37 Å². The highest BCUT2D eigenvalue weighted by Crippen LogP contribution is 2.44. The standard InChI is InChI=1S/C12H11F4N3/c13-7-2-1-3-8-9(7)19-10(18-8)11(12(14,15)16)4-5-17-6-11/h1-3,17H,4-6H2,(H,18,19). The Morgan fingerprint density at radius 2 is 2.05 bits per heavy atom. The molecule has 3 rings (SSSR count). The van der Waals surface area contributed by atoms with Gasteiger partial charge in [0.15, 0.2) is 5.82 Å². The summed E-state index contributed by atoms with van der Waals surface area (Å²) in [5.74, 6) is -0.839. The Bertz CT molecular complexity index is 611. The molecule has 2 N–H and O–H groups in total. The van der Waals surface area contributed by atoms with Crippen molar-refractivity contribution in [2.75, 3.05) is 13.1 Å². The van der Waals surface area contributed by atoms with Gasteiger partial charge in [0.1, 0.15) is 16.8 Å². The van der Waals surface area contributed by atoms with Gasteiger partial charge in [-0.3, -0.25) is 0 Å². The van der Waals surface area contributed by atoms with Crippen molar-refractivity contribution in [3.05, 3.63) is 29.8 Å². The molecule has 1 aromatic heterocycles. The number of nitrogens with one attached hydrogen (secondary N) is 2. The SMILES string of the molecule is Fc1cccc2[nH]c(C3(C(F)(F)F)CCNC3)nc12. The van der Waals surface area contributed by atoms with Crippen LogP contribution in [0, 0.1) is 5.82 Å². The first-order valence-electron chi connectivity index (χ1n) is 5.86. The van der Waals surface area contributed by atoms with Crippen LogP contribution < -0.4 is 5.32 Å². The lowest BCUT2D eigenvalue weighted by atomic mass is 9.85. The van der Waals surface area contributed by atoms with Gasteiger partial charge < -0.3 is 10.3 Å². The molecular formula is C12H11F4N3. The molecule has 0 bridgehead atoms. The molecule has 0 radical (unpaired) electrons. The fourth-order valence-electron chi connectivity index (χ4n) is 2.49. The molecule has 0 aliphatic carbocycles. The number of hydrogen-bond acceptors (Lipinski definition) is 2. The molecule has 7 heteroatoms. The number of para-hydroxylation sites is 1. The molecule has 1 unspecified atom stereocenters. The molecule has 1 aliphatic rings. The summed E-state index contributed by atoms with van der Waals surface area (Å²) < 4.78 is 53.5. The van der Waals surface area contributed by atoms with Crippen molar-refractivity contribution >= 4 is 11.0 Å². The summed E-state index contributed by atoms with van der Waals surface area (Å²) in [7, 11) is 0. The van der Waals surface area contributed by atoms with Crippen molar-refractivity contribution in [3.8, 4) is 0 Å². The number of rotatable bonds is 1. The largest absolute Gasteiger partial charge is 0.402 e. The number of alkyl halides is 3. The molecule has 102 valence electrons. The van der Waals surface area contributed by atoms with Crippen molar-refractivity contribution in [3.63, 3.8) is 0 Å². The minimum Gasteiger partial charge on any atom is -0.341 e. The van der Waals surface area contributed by atoms with E-state index in [1.54, 1.807) is 0 Å². The molecule has 0 spiro atoms. The van der Waals surface area contributed by atoms with E-state index in [-0.39, 0.29) is 36.4 Å². The van der Waals surface area contributed by atoms with Gasteiger partial charge in [0, 0.05) is 6.54 Å². The third-order valence-electron chi connectivity index (χ3n) is 3.61. The molecule has 1 fully saturated rings. The van der Waals surface area contributed by atoms with Crippen molar-refractivity contribution in [2.24, 2.45) is 0 Å². The predicted octanol–water partition coefficient (Wildman–Crippen LogP) is 2.50. The van der Waals surface area contributed by atoms with Gasteiger partial charge in [-0.1, -0.05) is 6.07 Å². The summed E-state index contributed by atoms with van der Waals surface area (Å²) in [5, 5.41) is 2.70. The van der Waals surface area contributed by atoms with Crippen LogP contribution in [0.3, 0.4) is 0 Å². The summed E-state index contributed by atoms with van der Waals surface area (Å²) in [6, 6.07) is 4.13. The van der Waals surface area contributed by atoms with Gasteiger partial charge >= 0.3 is 6.18 Å². The summed E-state index contributed by atoms with van der Waals surface area (Å²) in [6.45, 7) is 0.0248. The Hall–Kier alpha value is -1.63. The fourth-order valence-corrected chi connectivity index (χ4v) is 2.49. The molecule has 1 aromatic carbocycles. The maximum absolute atomic E-state index is 13.5. The topological polar surface area (TPSA) is 40.7 Å². The van der Waals surface area contributed by atoms with E-state index in [0.717, 1.165) is 0 Å². The molecule has 3 nitrogen and oxygen atoms in total. The minimum atomic E-state index is -4.43. The number of halogens is 4. The molecule has 0 amide bonds. The zero-order valence-corrected chi connectivity index (χ0v) is 9.81. The van der Waals surface area contributed by atoms with Gasteiger partial charge in [-0.2, -0.15) is 13.2 Å². The third-order valence-corrected chi connectivity index (χ3v) is 3.61. The van der Waals surface area contributed by atoms with Crippen molar-refractivity contribution in [1.29, 1.82) is 0 Å². The third kappa shape index (κ3) is 1.72. The van der Waals surface area contributed by atoms with Crippen LogP contribution in [-0.4, -0.2) is 29.2 Å². The lowest BCUT2D eigenvalue weighted by molar-refractivity contribution is -0.186. The normalized spacial score (nSPS) is 24.2. The number of benzene rings is 1. The van der Waals surface area contributed by atoms with Crippen LogP contribution in [0.2, 0.25) is 0 Å². The Morgan fingerprint density at radius 1 is 1.26 bits per heavy atom. The van der Waals surface area contributed by atoms with Gasteiger partial charge in [0.05, 0.1) is 5.52 Å². The number of hydrogen-bond donors (Lipinski definition) is 2. The van der Waals surface area contributed by atoms with E-state index in [1.165, 1.54) is 18.2 Å². The molecule has 2 aromatic rings. The van der Waals surface area contributed by atoms with E-state index in [9.17, 15) is 17.6 Å². The number of aromatic amines is 1. The van der Waals surface area contributed by atoms with E-state index in [1.807, 2.05) is 0 Å². The summed E-state index contributed by atoms with van der Waals surface area (Å²) >= 11 is 0. The second-order valence-corrected chi connectivity index (χ2v) is 4.73. The van der Waals surface area contributed by atoms with Crippen LogP contribution in [0.4, 0.5) is 17.6 Å². The van der Waals surface area contributed by atoms with Crippen LogP contribution in [0.5, 0.6) is 0 Å². The molecule has 1 aliphatic heterocycles. The van der Waals surface area contributed by atoms with Gasteiger partial charge in [-0.15, -0.1) is 0 Å². The van der Waals surface area contributed by atoms with Crippen LogP contribution in [0.1, 0.15) is 12.2 Å². The van der Waals surface area contributed by atoms with E-state index >= 15 is 0 Å². The van der Waals surface area contributed by atoms with E-state index in [0.29, 0.717) is 0 Å². The van der Waals surface area contributed by atoms with E-state index in [2.05, 4.69) is 15.3 Å². The van der Waals surface area contributed by atoms with Crippen LogP contribution in [0.25, 0.3) is 11.0 Å². The molecule has 2 heterocycles. The zero-order chi connectivity index (χ0) is 13.7. The van der Waals surface area contributed by atoms with Crippen LogP contribution >= 0.6 is 0 Å². The summed E-state index contributed by atoms with van der Waals surface area (Å²) in [5.41, 5.74) is -1.82. The lowest BCUT2D eigenvalue weighted by Crippen LogP contribution is -2.45. The Balaban J connectivity index is 2.19. The second kappa shape index (κ2) is 3.93. The highest BCUT2D eigenvalue weighted by molar-refractivity contribution is 5.75. The van der Waals surface area contributed by atoms with Gasteiger partial charge in [0.25, 0.3) is 0 Å². The number of aromatic nitrogens is 2. The smallest absolute Gasteiger partial charge is 0.341 e. The quantitative estimate of drug-likeness (QED) is 0.784. The Morgan fingerprint density at radius 3 is 2.63 bits per heavy atom. The lowest BCUT2D eigenvalue weighted by Gasteiger charge is -2.28. The highest BCUT2D eigenvalue weighted by Gasteiger charge is 2.59. The first kappa shape index (κ1) is 12.4. The molecular weight excluding hydrogens is 262 g/mol. The molecule has 1 saturated heterocycles. The van der Waals surface area contributed by atoms with Crippen LogP contribution in [-0.2, 0) is 5.41 Å². The average Bonchev–Trinajstić information content (AvgIpc) is 2.95. The van der Waals surface area contributed by atoms with Crippen molar-refractivity contribution in [2.45, 2.75) is 18.0 Å². The number of fused-ring (bicyclic) bond motifs is 1. The highest BCUT2D eigenvalue weighted by atomic mass is 19.4.